The van der Waals surface area contributed by atoms with E-state index in [-0.39, 0.29) is 11.4 Å². The lowest BCUT2D eigenvalue weighted by Gasteiger charge is -2.15. The van der Waals surface area contributed by atoms with Crippen molar-refractivity contribution in [2.24, 2.45) is 0 Å². The van der Waals surface area contributed by atoms with Crippen molar-refractivity contribution < 1.29 is 14.3 Å². The molecule has 13 heavy (non-hydrogen) atoms. The van der Waals surface area contributed by atoms with Gasteiger partial charge in [0, 0.05) is 6.42 Å². The van der Waals surface area contributed by atoms with E-state index in [4.69, 9.17) is 9.47 Å². The fourth-order valence-electron chi connectivity index (χ4n) is 1.07. The van der Waals surface area contributed by atoms with Gasteiger partial charge in [-0.15, -0.1) is 0 Å². The summed E-state index contributed by atoms with van der Waals surface area (Å²) < 4.78 is 10.4. The van der Waals surface area contributed by atoms with Crippen LogP contribution in [-0.4, -0.2) is 30.9 Å². The molecule has 0 fully saturated rings. The molecule has 0 spiro atoms. The lowest BCUT2D eigenvalue weighted by Crippen LogP contribution is -2.17. The minimum Gasteiger partial charge on any atom is -0.450 e. The van der Waals surface area contributed by atoms with Crippen LogP contribution in [0.2, 0.25) is 0 Å². The summed E-state index contributed by atoms with van der Waals surface area (Å²) in [5, 5.41) is -0.227. The summed E-state index contributed by atoms with van der Waals surface area (Å²) >= 11 is 1.09. The molecule has 1 unspecified atom stereocenters. The van der Waals surface area contributed by atoms with Crippen LogP contribution < -0.4 is 0 Å². The highest BCUT2D eigenvalue weighted by molar-refractivity contribution is 8.12. The lowest BCUT2D eigenvalue weighted by atomic mass is 10.2. The minimum absolute atomic E-state index is 0.111. The molecule has 1 rings (SSSR count). The number of thioether (sulfide) groups is 1. The number of rotatable bonds is 1. The van der Waals surface area contributed by atoms with Crippen molar-refractivity contribution in [3.05, 3.63) is 12.2 Å². The summed E-state index contributed by atoms with van der Waals surface area (Å²) in [7, 11) is 0. The highest BCUT2D eigenvalue weighted by atomic mass is 32.2. The van der Waals surface area contributed by atoms with Crippen LogP contribution >= 0.6 is 11.8 Å². The molecule has 1 aliphatic rings. The molecule has 1 atom stereocenters. The Morgan fingerprint density at radius 3 is 3.23 bits per heavy atom. The monoisotopic (exact) mass is 202 g/mol. The molecular weight excluding hydrogens is 188 g/mol. The van der Waals surface area contributed by atoms with Gasteiger partial charge in [-0.1, -0.05) is 6.08 Å². The Balaban J connectivity index is 2.37. The zero-order valence-electron chi connectivity index (χ0n) is 7.69. The third kappa shape index (κ3) is 4.33. The second-order valence-corrected chi connectivity index (χ2v) is 3.47. The first-order chi connectivity index (χ1) is 6.33. The molecule has 1 aliphatic heterocycles. The maximum absolute atomic E-state index is 10.9. The maximum atomic E-state index is 10.9. The van der Waals surface area contributed by atoms with Gasteiger partial charge < -0.3 is 9.47 Å². The Morgan fingerprint density at radius 1 is 1.62 bits per heavy atom. The zero-order chi connectivity index (χ0) is 9.52. The van der Waals surface area contributed by atoms with Gasteiger partial charge >= 0.3 is 5.30 Å². The van der Waals surface area contributed by atoms with E-state index in [1.54, 1.807) is 6.26 Å². The Labute approximate surface area is 82.5 Å². The van der Waals surface area contributed by atoms with Gasteiger partial charge in [-0.05, 0) is 30.5 Å². The van der Waals surface area contributed by atoms with Crippen LogP contribution in [0.3, 0.4) is 0 Å². The van der Waals surface area contributed by atoms with Gasteiger partial charge in [0.25, 0.3) is 0 Å². The van der Waals surface area contributed by atoms with E-state index in [1.807, 2.05) is 12.2 Å². The van der Waals surface area contributed by atoms with Crippen LogP contribution in [-0.2, 0) is 9.47 Å². The molecule has 74 valence electrons. The summed E-state index contributed by atoms with van der Waals surface area (Å²) in [5.41, 5.74) is 0. The smallest absolute Gasteiger partial charge is 0.367 e. The van der Waals surface area contributed by atoms with Gasteiger partial charge in [-0.2, -0.15) is 0 Å². The highest BCUT2D eigenvalue weighted by Gasteiger charge is 2.11. The summed E-state index contributed by atoms with van der Waals surface area (Å²) in [6.07, 6.45) is 7.19. The van der Waals surface area contributed by atoms with Crippen LogP contribution in [0.15, 0.2) is 12.2 Å². The van der Waals surface area contributed by atoms with Crippen LogP contribution in [0.4, 0.5) is 4.79 Å². The normalized spacial score (nSPS) is 23.3. The van der Waals surface area contributed by atoms with Crippen molar-refractivity contribution in [3.63, 3.8) is 0 Å². The SMILES string of the molecule is CSC(=O)OC1C=CCCOCC1. The molecule has 3 nitrogen and oxygen atoms in total. The van der Waals surface area contributed by atoms with Crippen LogP contribution in [0, 0.1) is 0 Å². The third-order valence-electron chi connectivity index (χ3n) is 1.74. The molecule has 0 radical (unpaired) electrons. The van der Waals surface area contributed by atoms with E-state index < -0.39 is 0 Å². The number of hydrogen-bond acceptors (Lipinski definition) is 4. The van der Waals surface area contributed by atoms with Gasteiger partial charge in [0.1, 0.15) is 6.10 Å². The number of carbonyl (C=O) groups excluding carboxylic acids is 1. The fraction of sp³-hybridized carbons (Fsp3) is 0.667. The Kier molecular flexibility index (Phi) is 4.93. The highest BCUT2D eigenvalue weighted by Crippen LogP contribution is 2.10. The largest absolute Gasteiger partial charge is 0.450 e. The van der Waals surface area contributed by atoms with Crippen molar-refractivity contribution in [3.8, 4) is 0 Å². The molecule has 0 saturated carbocycles. The predicted molar refractivity (Wildman–Crippen MR) is 53.0 cm³/mol. The van der Waals surface area contributed by atoms with Crippen LogP contribution in [0.25, 0.3) is 0 Å². The lowest BCUT2D eigenvalue weighted by molar-refractivity contribution is 0.0859. The van der Waals surface area contributed by atoms with Gasteiger partial charge in [-0.3, -0.25) is 0 Å². The maximum Gasteiger partial charge on any atom is 0.367 e. The van der Waals surface area contributed by atoms with Crippen molar-refractivity contribution in [2.75, 3.05) is 19.5 Å². The minimum atomic E-state index is -0.227. The molecule has 0 aliphatic carbocycles. The summed E-state index contributed by atoms with van der Waals surface area (Å²) in [5.74, 6) is 0. The van der Waals surface area contributed by atoms with Crippen molar-refractivity contribution >= 4 is 17.1 Å². The Morgan fingerprint density at radius 2 is 2.46 bits per heavy atom. The average molecular weight is 202 g/mol. The van der Waals surface area contributed by atoms with Crippen molar-refractivity contribution in [1.29, 1.82) is 0 Å². The van der Waals surface area contributed by atoms with Gasteiger partial charge in [0.05, 0.1) is 13.2 Å². The summed E-state index contributed by atoms with van der Waals surface area (Å²) in [6, 6.07) is 0. The average Bonchev–Trinajstić information content (AvgIpc) is 2.09. The van der Waals surface area contributed by atoms with Crippen LogP contribution in [0.5, 0.6) is 0 Å². The molecule has 0 aromatic rings. The third-order valence-corrected chi connectivity index (χ3v) is 2.17. The second-order valence-electron chi connectivity index (χ2n) is 2.73. The fourth-order valence-corrected chi connectivity index (χ4v) is 1.29. The van der Waals surface area contributed by atoms with Gasteiger partial charge in [0.15, 0.2) is 0 Å². The second kappa shape index (κ2) is 6.05. The topological polar surface area (TPSA) is 35.5 Å². The quantitative estimate of drug-likeness (QED) is 0.482. The zero-order valence-corrected chi connectivity index (χ0v) is 8.51. The molecule has 0 bridgehead atoms. The van der Waals surface area contributed by atoms with E-state index in [9.17, 15) is 4.79 Å². The molecule has 0 amide bonds. The van der Waals surface area contributed by atoms with Crippen LogP contribution in [0.1, 0.15) is 12.8 Å². The summed E-state index contributed by atoms with van der Waals surface area (Å²) in [4.78, 5) is 10.9. The molecule has 1 heterocycles. The van der Waals surface area contributed by atoms with E-state index in [0.29, 0.717) is 6.61 Å². The first kappa shape index (κ1) is 10.6. The van der Waals surface area contributed by atoms with E-state index in [2.05, 4.69) is 0 Å². The number of ether oxygens (including phenoxy) is 2. The first-order valence-electron chi connectivity index (χ1n) is 4.32. The molecule has 0 N–H and O–H groups in total. The molecule has 0 aromatic heterocycles. The van der Waals surface area contributed by atoms with Gasteiger partial charge in [-0.25, -0.2) is 4.79 Å². The van der Waals surface area contributed by atoms with E-state index in [1.165, 1.54) is 0 Å². The number of hydrogen-bond donors (Lipinski definition) is 0. The van der Waals surface area contributed by atoms with E-state index >= 15 is 0 Å². The predicted octanol–water partition coefficient (Wildman–Crippen LogP) is 2.22. The van der Waals surface area contributed by atoms with Gasteiger partial charge in [0.2, 0.25) is 0 Å². The molecule has 0 aromatic carbocycles. The van der Waals surface area contributed by atoms with Crippen molar-refractivity contribution in [2.45, 2.75) is 18.9 Å². The number of carbonyl (C=O) groups is 1. The Bertz CT molecular complexity index is 191. The Hall–Kier alpha value is -0.480. The molecule has 0 saturated heterocycles. The molecule has 4 heteroatoms. The van der Waals surface area contributed by atoms with Crippen molar-refractivity contribution in [1.82, 2.24) is 0 Å². The van der Waals surface area contributed by atoms with E-state index in [0.717, 1.165) is 31.2 Å². The summed E-state index contributed by atoms with van der Waals surface area (Å²) in [6.45, 7) is 1.43. The standard InChI is InChI=1S/C9H14O3S/c1-13-9(10)12-8-4-2-3-6-11-7-5-8/h2,4,8H,3,5-7H2,1H3. The first-order valence-corrected chi connectivity index (χ1v) is 5.54. The molecular formula is C9H14O3S.